The van der Waals surface area contributed by atoms with Crippen molar-refractivity contribution in [2.75, 3.05) is 13.2 Å². The van der Waals surface area contributed by atoms with E-state index in [1.165, 1.54) is 0 Å². The molecule has 21 heavy (non-hydrogen) atoms. The van der Waals surface area contributed by atoms with Gasteiger partial charge in [0.25, 0.3) is 0 Å². The molecule has 0 unspecified atom stereocenters. The van der Waals surface area contributed by atoms with Crippen molar-refractivity contribution in [1.82, 2.24) is 0 Å². The minimum absolute atomic E-state index is 0.320. The molecule has 0 heterocycles. The van der Waals surface area contributed by atoms with Crippen molar-refractivity contribution in [2.45, 2.75) is 32.6 Å². The lowest BCUT2D eigenvalue weighted by Gasteiger charge is -2.03. The van der Waals surface area contributed by atoms with Crippen molar-refractivity contribution in [3.8, 4) is 0 Å². The Morgan fingerprint density at radius 3 is 2.43 bits per heavy atom. The first-order valence-electron chi connectivity index (χ1n) is 7.11. The van der Waals surface area contributed by atoms with E-state index in [0.717, 1.165) is 31.4 Å². The van der Waals surface area contributed by atoms with E-state index >= 15 is 0 Å². The highest BCUT2D eigenvalue weighted by atomic mass is 16.6. The van der Waals surface area contributed by atoms with Gasteiger partial charge < -0.3 is 9.57 Å². The quantitative estimate of drug-likeness (QED) is 0.211. The summed E-state index contributed by atoms with van der Waals surface area (Å²) in [6, 6.07) is 9.44. The molecule has 0 aliphatic heterocycles. The molecule has 0 aliphatic carbocycles. The molecular formula is C16H22N2O3. The van der Waals surface area contributed by atoms with Gasteiger partial charge in [0.1, 0.15) is 6.61 Å². The van der Waals surface area contributed by atoms with Crippen LogP contribution in [0.4, 0.5) is 5.69 Å². The van der Waals surface area contributed by atoms with Gasteiger partial charge in [0.05, 0.1) is 12.3 Å². The van der Waals surface area contributed by atoms with Gasteiger partial charge in [0.2, 0.25) is 0 Å². The van der Waals surface area contributed by atoms with E-state index in [0.29, 0.717) is 18.8 Å². The molecular weight excluding hydrogens is 268 g/mol. The van der Waals surface area contributed by atoms with Crippen molar-refractivity contribution < 1.29 is 14.4 Å². The largest absolute Gasteiger partial charge is 0.462 e. The van der Waals surface area contributed by atoms with E-state index < -0.39 is 0 Å². The van der Waals surface area contributed by atoms with Gasteiger partial charge in [-0.25, -0.2) is 4.79 Å². The first-order valence-corrected chi connectivity index (χ1v) is 7.11. The molecule has 0 saturated heterocycles. The lowest BCUT2D eigenvalue weighted by Crippen LogP contribution is -2.06. The fourth-order valence-electron chi connectivity index (χ4n) is 1.52. The van der Waals surface area contributed by atoms with Crippen LogP contribution in [0.2, 0.25) is 0 Å². The van der Waals surface area contributed by atoms with Crippen LogP contribution in [-0.2, 0) is 14.4 Å². The molecule has 114 valence electrons. The third-order valence-corrected chi connectivity index (χ3v) is 2.68. The van der Waals surface area contributed by atoms with Gasteiger partial charge in [-0.05, 0) is 44.7 Å². The van der Waals surface area contributed by atoms with Gasteiger partial charge >= 0.3 is 5.97 Å². The van der Waals surface area contributed by atoms with Crippen LogP contribution in [-0.4, -0.2) is 19.2 Å². The molecule has 0 radical (unpaired) electrons. The summed E-state index contributed by atoms with van der Waals surface area (Å²) in [6.07, 6.45) is 3.75. The number of esters is 1. The first-order chi connectivity index (χ1) is 10.2. The number of carbonyl (C=O) groups excluding carboxylic acids is 1. The van der Waals surface area contributed by atoms with Gasteiger partial charge in [-0.15, -0.1) is 5.11 Å². The van der Waals surface area contributed by atoms with Crippen LogP contribution in [0.15, 0.2) is 52.9 Å². The van der Waals surface area contributed by atoms with E-state index in [9.17, 15) is 4.79 Å². The number of unbranched alkanes of at least 4 members (excludes halogenated alkanes) is 3. The van der Waals surface area contributed by atoms with Crippen LogP contribution >= 0.6 is 0 Å². The first kappa shape index (κ1) is 16.9. The molecule has 0 atom stereocenters. The van der Waals surface area contributed by atoms with E-state index in [4.69, 9.17) is 9.57 Å². The highest BCUT2D eigenvalue weighted by molar-refractivity contribution is 5.86. The Morgan fingerprint density at radius 2 is 1.76 bits per heavy atom. The highest BCUT2D eigenvalue weighted by Crippen LogP contribution is 2.10. The Balaban J connectivity index is 1.92. The molecule has 5 heteroatoms. The summed E-state index contributed by atoms with van der Waals surface area (Å²) < 4.78 is 4.99. The van der Waals surface area contributed by atoms with E-state index in [1.54, 1.807) is 6.92 Å². The van der Waals surface area contributed by atoms with Crippen LogP contribution in [0, 0.1) is 0 Å². The summed E-state index contributed by atoms with van der Waals surface area (Å²) in [5.41, 5.74) is 1.21. The van der Waals surface area contributed by atoms with Crippen molar-refractivity contribution in [3.05, 3.63) is 42.5 Å². The standard InChI is InChI=1S/C16H22N2O3/c1-14(2)16(19)20-12-8-3-4-9-13-21-18-17-15-10-6-5-7-11-15/h5-7,10-11H,1,3-4,8-9,12-13H2,2H3/b18-17+. The van der Waals surface area contributed by atoms with E-state index in [-0.39, 0.29) is 5.97 Å². The molecule has 0 bridgehead atoms. The van der Waals surface area contributed by atoms with Crippen LogP contribution < -0.4 is 0 Å². The number of carbonyl (C=O) groups is 1. The third-order valence-electron chi connectivity index (χ3n) is 2.68. The minimum atomic E-state index is -0.320. The molecule has 0 aliphatic rings. The van der Waals surface area contributed by atoms with Crippen molar-refractivity contribution in [3.63, 3.8) is 0 Å². The topological polar surface area (TPSA) is 60.2 Å². The Labute approximate surface area is 125 Å². The van der Waals surface area contributed by atoms with Gasteiger partial charge in [-0.2, -0.15) is 0 Å². The lowest BCUT2D eigenvalue weighted by molar-refractivity contribution is -0.139. The summed E-state index contributed by atoms with van der Waals surface area (Å²) in [5.74, 6) is -0.320. The van der Waals surface area contributed by atoms with Crippen LogP contribution in [0.1, 0.15) is 32.6 Å². The fraction of sp³-hybridized carbons (Fsp3) is 0.438. The van der Waals surface area contributed by atoms with E-state index in [2.05, 4.69) is 17.0 Å². The predicted molar refractivity (Wildman–Crippen MR) is 81.2 cm³/mol. The summed E-state index contributed by atoms with van der Waals surface area (Å²) >= 11 is 0. The number of rotatable bonds is 10. The second-order valence-electron chi connectivity index (χ2n) is 4.68. The predicted octanol–water partition coefficient (Wildman–Crippen LogP) is 4.38. The normalized spacial score (nSPS) is 10.5. The molecule has 0 amide bonds. The maximum Gasteiger partial charge on any atom is 0.333 e. The van der Waals surface area contributed by atoms with Gasteiger partial charge in [-0.1, -0.05) is 24.8 Å². The summed E-state index contributed by atoms with van der Waals surface area (Å²) in [5, 5.41) is 7.59. The molecule has 0 aromatic heterocycles. The van der Waals surface area contributed by atoms with Gasteiger partial charge in [-0.3, -0.25) is 0 Å². The Kier molecular flexibility index (Phi) is 8.52. The molecule has 5 nitrogen and oxygen atoms in total. The summed E-state index contributed by atoms with van der Waals surface area (Å²) in [6.45, 7) is 6.15. The monoisotopic (exact) mass is 290 g/mol. The number of hydrogen-bond donors (Lipinski definition) is 0. The number of benzene rings is 1. The lowest BCUT2D eigenvalue weighted by atomic mass is 10.2. The average Bonchev–Trinajstić information content (AvgIpc) is 2.49. The number of nitrogens with zero attached hydrogens (tertiary/aromatic N) is 2. The zero-order valence-electron chi connectivity index (χ0n) is 12.5. The minimum Gasteiger partial charge on any atom is -0.462 e. The van der Waals surface area contributed by atoms with Crippen LogP contribution in [0.5, 0.6) is 0 Å². The summed E-state index contributed by atoms with van der Waals surface area (Å²) in [7, 11) is 0. The molecule has 0 N–H and O–H groups in total. The Morgan fingerprint density at radius 1 is 1.10 bits per heavy atom. The Bertz CT molecular complexity index is 458. The molecule has 0 spiro atoms. The maximum absolute atomic E-state index is 11.1. The molecule has 1 rings (SSSR count). The van der Waals surface area contributed by atoms with Crippen LogP contribution in [0.3, 0.4) is 0 Å². The van der Waals surface area contributed by atoms with Crippen LogP contribution in [0.25, 0.3) is 0 Å². The zero-order chi connectivity index (χ0) is 15.3. The molecule has 1 aromatic carbocycles. The highest BCUT2D eigenvalue weighted by Gasteiger charge is 2.01. The second-order valence-corrected chi connectivity index (χ2v) is 4.68. The smallest absolute Gasteiger partial charge is 0.333 e. The summed E-state index contributed by atoms with van der Waals surface area (Å²) in [4.78, 5) is 16.2. The van der Waals surface area contributed by atoms with Gasteiger partial charge in [0.15, 0.2) is 0 Å². The Hall–Kier alpha value is -2.17. The molecule has 1 aromatic rings. The van der Waals surface area contributed by atoms with Crippen molar-refractivity contribution >= 4 is 11.7 Å². The third kappa shape index (κ3) is 8.57. The van der Waals surface area contributed by atoms with E-state index in [1.807, 2.05) is 30.3 Å². The van der Waals surface area contributed by atoms with Gasteiger partial charge in [0, 0.05) is 10.9 Å². The second kappa shape index (κ2) is 10.6. The number of hydrogen-bond acceptors (Lipinski definition) is 5. The maximum atomic E-state index is 11.1. The molecule has 0 saturated carbocycles. The molecule has 0 fully saturated rings. The number of ether oxygens (including phenoxy) is 1. The van der Waals surface area contributed by atoms with Crippen molar-refractivity contribution in [2.24, 2.45) is 10.4 Å². The SMILES string of the molecule is C=C(C)C(=O)OCCCCCCO/N=N/c1ccccc1. The zero-order valence-corrected chi connectivity index (χ0v) is 12.5. The average molecular weight is 290 g/mol. The van der Waals surface area contributed by atoms with Crippen molar-refractivity contribution in [1.29, 1.82) is 0 Å². The fourth-order valence-corrected chi connectivity index (χ4v) is 1.52.